The van der Waals surface area contributed by atoms with Gasteiger partial charge in [-0.2, -0.15) is 11.8 Å². The summed E-state index contributed by atoms with van der Waals surface area (Å²) in [6, 6.07) is 4.58. The van der Waals surface area contributed by atoms with Crippen LogP contribution in [0, 0.1) is 20.8 Å². The molecule has 0 saturated carbocycles. The molecule has 1 rings (SSSR count). The first kappa shape index (κ1) is 12.6. The van der Waals surface area contributed by atoms with Crippen LogP contribution in [0.4, 0.5) is 0 Å². The molecule has 0 heterocycles. The minimum Gasteiger partial charge on any atom is -0.154 e. The number of thioether (sulfide) groups is 1. The Morgan fingerprint density at radius 3 is 2.13 bits per heavy atom. The number of benzene rings is 1. The summed E-state index contributed by atoms with van der Waals surface area (Å²) in [5, 5.41) is 0.769. The van der Waals surface area contributed by atoms with E-state index in [-0.39, 0.29) is 0 Å². The summed E-state index contributed by atoms with van der Waals surface area (Å²) in [5.74, 6) is 1.16. The fourth-order valence-electron chi connectivity index (χ4n) is 1.78. The van der Waals surface area contributed by atoms with Gasteiger partial charge in [-0.05, 0) is 43.9 Å². The van der Waals surface area contributed by atoms with Gasteiger partial charge in [0, 0.05) is 11.0 Å². The van der Waals surface area contributed by atoms with Gasteiger partial charge >= 0.3 is 0 Å². The van der Waals surface area contributed by atoms with Crippen LogP contribution in [0.2, 0.25) is 0 Å². The highest BCUT2D eigenvalue weighted by Gasteiger charge is 2.06. The average Bonchev–Trinajstić information content (AvgIpc) is 2.15. The summed E-state index contributed by atoms with van der Waals surface area (Å²) >= 11 is 2.06. The van der Waals surface area contributed by atoms with Gasteiger partial charge in [-0.3, -0.25) is 0 Å². The van der Waals surface area contributed by atoms with E-state index in [1.165, 1.54) is 28.7 Å². The Bertz CT molecular complexity index is 305. The fourth-order valence-corrected chi connectivity index (χ4v) is 2.92. The Kier molecular flexibility index (Phi) is 4.72. The largest absolute Gasteiger partial charge is 0.154 e. The molecule has 0 aliphatic rings. The first-order valence-corrected chi connectivity index (χ1v) is 6.77. The molecule has 1 aromatic carbocycles. The van der Waals surface area contributed by atoms with Crippen LogP contribution in [-0.4, -0.2) is 5.25 Å². The predicted octanol–water partition coefficient (Wildman–Crippen LogP) is 4.64. The van der Waals surface area contributed by atoms with Gasteiger partial charge < -0.3 is 0 Å². The van der Waals surface area contributed by atoms with Crippen LogP contribution in [0.25, 0.3) is 0 Å². The lowest BCUT2D eigenvalue weighted by molar-refractivity contribution is 0.904. The summed E-state index contributed by atoms with van der Waals surface area (Å²) in [7, 11) is 0. The minimum atomic E-state index is 0.769. The van der Waals surface area contributed by atoms with Crippen molar-refractivity contribution < 1.29 is 0 Å². The van der Waals surface area contributed by atoms with Gasteiger partial charge in [0.15, 0.2) is 0 Å². The molecule has 1 heteroatoms. The Labute approximate surface area is 98.5 Å². The van der Waals surface area contributed by atoms with E-state index in [0.717, 1.165) is 11.0 Å². The molecule has 0 N–H and O–H groups in total. The Balaban J connectivity index is 2.77. The Morgan fingerprint density at radius 1 is 1.13 bits per heavy atom. The van der Waals surface area contributed by atoms with E-state index < -0.39 is 0 Å². The van der Waals surface area contributed by atoms with E-state index in [1.807, 2.05) is 0 Å². The SMILES string of the molecule is CCC(C)SCc1c(C)cc(C)cc1C. The van der Waals surface area contributed by atoms with Gasteiger partial charge in [0.2, 0.25) is 0 Å². The summed E-state index contributed by atoms with van der Waals surface area (Å²) in [6.07, 6.45) is 1.26. The Morgan fingerprint density at radius 2 is 1.67 bits per heavy atom. The maximum atomic E-state index is 2.31. The maximum Gasteiger partial charge on any atom is 0.0192 e. The van der Waals surface area contributed by atoms with Gasteiger partial charge in [0.05, 0.1) is 0 Å². The van der Waals surface area contributed by atoms with Crippen molar-refractivity contribution in [1.82, 2.24) is 0 Å². The summed E-state index contributed by atoms with van der Waals surface area (Å²) in [6.45, 7) is 11.2. The second kappa shape index (κ2) is 5.60. The van der Waals surface area contributed by atoms with Crippen LogP contribution in [0.1, 0.15) is 42.5 Å². The van der Waals surface area contributed by atoms with E-state index in [1.54, 1.807) is 0 Å². The van der Waals surface area contributed by atoms with Crippen molar-refractivity contribution in [3.63, 3.8) is 0 Å². The van der Waals surface area contributed by atoms with E-state index >= 15 is 0 Å². The molecule has 0 aliphatic carbocycles. The molecule has 0 aromatic heterocycles. The molecule has 0 amide bonds. The quantitative estimate of drug-likeness (QED) is 0.715. The molecule has 84 valence electrons. The van der Waals surface area contributed by atoms with E-state index in [0.29, 0.717) is 0 Å². The third-order valence-electron chi connectivity index (χ3n) is 2.93. The number of rotatable bonds is 4. The van der Waals surface area contributed by atoms with E-state index in [2.05, 4.69) is 58.5 Å². The highest BCUT2D eigenvalue weighted by atomic mass is 32.2. The zero-order valence-electron chi connectivity index (χ0n) is 10.6. The molecule has 0 nitrogen and oxygen atoms in total. The number of hydrogen-bond donors (Lipinski definition) is 0. The van der Waals surface area contributed by atoms with Crippen molar-refractivity contribution in [3.8, 4) is 0 Å². The van der Waals surface area contributed by atoms with Crippen LogP contribution in [0.5, 0.6) is 0 Å². The van der Waals surface area contributed by atoms with Crippen LogP contribution in [0.3, 0.4) is 0 Å². The lowest BCUT2D eigenvalue weighted by Gasteiger charge is -2.13. The molecule has 1 unspecified atom stereocenters. The van der Waals surface area contributed by atoms with Crippen LogP contribution < -0.4 is 0 Å². The normalized spacial score (nSPS) is 12.9. The zero-order valence-corrected chi connectivity index (χ0v) is 11.4. The summed E-state index contributed by atoms with van der Waals surface area (Å²) in [5.41, 5.74) is 5.81. The van der Waals surface area contributed by atoms with E-state index in [9.17, 15) is 0 Å². The first-order valence-electron chi connectivity index (χ1n) is 5.73. The fraction of sp³-hybridized carbons (Fsp3) is 0.571. The highest BCUT2D eigenvalue weighted by molar-refractivity contribution is 7.99. The van der Waals surface area contributed by atoms with E-state index in [4.69, 9.17) is 0 Å². The predicted molar refractivity (Wildman–Crippen MR) is 71.7 cm³/mol. The molecule has 0 spiro atoms. The first-order chi connectivity index (χ1) is 7.04. The van der Waals surface area contributed by atoms with Crippen molar-refractivity contribution in [2.24, 2.45) is 0 Å². The van der Waals surface area contributed by atoms with Crippen molar-refractivity contribution in [2.75, 3.05) is 0 Å². The topological polar surface area (TPSA) is 0 Å². The monoisotopic (exact) mass is 222 g/mol. The molecule has 15 heavy (non-hydrogen) atoms. The highest BCUT2D eigenvalue weighted by Crippen LogP contribution is 2.25. The summed E-state index contributed by atoms with van der Waals surface area (Å²) < 4.78 is 0. The van der Waals surface area contributed by atoms with Gasteiger partial charge in [-0.25, -0.2) is 0 Å². The molecule has 0 bridgehead atoms. The summed E-state index contributed by atoms with van der Waals surface area (Å²) in [4.78, 5) is 0. The van der Waals surface area contributed by atoms with Crippen molar-refractivity contribution in [1.29, 1.82) is 0 Å². The minimum absolute atomic E-state index is 0.769. The lowest BCUT2D eigenvalue weighted by Crippen LogP contribution is -1.98. The Hall–Kier alpha value is -0.430. The second-order valence-electron chi connectivity index (χ2n) is 4.41. The molecule has 1 atom stereocenters. The third kappa shape index (κ3) is 3.57. The average molecular weight is 222 g/mol. The second-order valence-corrected chi connectivity index (χ2v) is 5.83. The van der Waals surface area contributed by atoms with Gasteiger partial charge in [0.1, 0.15) is 0 Å². The van der Waals surface area contributed by atoms with Gasteiger partial charge in [0.25, 0.3) is 0 Å². The van der Waals surface area contributed by atoms with Crippen LogP contribution in [-0.2, 0) is 5.75 Å². The standard InChI is InChI=1S/C14H22S/c1-6-13(5)15-9-14-11(3)7-10(2)8-12(14)4/h7-8,13H,6,9H2,1-5H3. The van der Waals surface area contributed by atoms with Crippen molar-refractivity contribution >= 4 is 11.8 Å². The van der Waals surface area contributed by atoms with Gasteiger partial charge in [-0.1, -0.05) is 31.5 Å². The van der Waals surface area contributed by atoms with Crippen molar-refractivity contribution in [3.05, 3.63) is 34.4 Å². The number of aryl methyl sites for hydroxylation is 3. The molecule has 0 saturated heterocycles. The number of hydrogen-bond acceptors (Lipinski definition) is 1. The zero-order chi connectivity index (χ0) is 11.4. The molecule has 0 aliphatic heterocycles. The third-order valence-corrected chi connectivity index (χ3v) is 4.29. The molecule has 0 fully saturated rings. The molecular weight excluding hydrogens is 200 g/mol. The van der Waals surface area contributed by atoms with Crippen LogP contribution >= 0.6 is 11.8 Å². The smallest absolute Gasteiger partial charge is 0.0192 e. The molecule has 0 radical (unpaired) electrons. The molecular formula is C14H22S. The lowest BCUT2D eigenvalue weighted by atomic mass is 10.0. The van der Waals surface area contributed by atoms with Crippen LogP contribution in [0.15, 0.2) is 12.1 Å². The molecule has 1 aromatic rings. The van der Waals surface area contributed by atoms with Gasteiger partial charge in [-0.15, -0.1) is 0 Å². The maximum absolute atomic E-state index is 2.31. The van der Waals surface area contributed by atoms with Crippen molar-refractivity contribution in [2.45, 2.75) is 52.0 Å².